The molecule has 1 unspecified atom stereocenters. The molecule has 1 aromatic carbocycles. The van der Waals surface area contributed by atoms with Crippen LogP contribution in [0, 0.1) is 21.4 Å². The summed E-state index contributed by atoms with van der Waals surface area (Å²) >= 11 is 0. The molecule has 0 amide bonds. The van der Waals surface area contributed by atoms with Crippen molar-refractivity contribution >= 4 is 11.4 Å². The number of nitro benzene ring substituents is 1. The molecule has 1 N–H and O–H groups in total. The number of nitro groups is 1. The Morgan fingerprint density at radius 3 is 2.94 bits per heavy atom. The van der Waals surface area contributed by atoms with Crippen molar-refractivity contribution in [1.29, 1.82) is 5.26 Å². The number of nitrogens with one attached hydrogen (secondary N) is 1. The standard InChI is InChI=1S/C11H11N3O3/c12-6-8-1-2-10(11(5-8)14(15)16)13-7-9-3-4-17-9/h1-2,5,9,13H,3-4,7H2. The Hall–Kier alpha value is -2.13. The van der Waals surface area contributed by atoms with E-state index in [0.717, 1.165) is 13.0 Å². The van der Waals surface area contributed by atoms with E-state index >= 15 is 0 Å². The number of benzene rings is 1. The second kappa shape index (κ2) is 4.80. The number of nitrogens with zero attached hydrogens (tertiary/aromatic N) is 2. The predicted octanol–water partition coefficient (Wildman–Crippen LogP) is 1.67. The van der Waals surface area contributed by atoms with Gasteiger partial charge in [-0.25, -0.2) is 0 Å². The molecule has 1 aromatic rings. The van der Waals surface area contributed by atoms with Crippen LogP contribution in [0.2, 0.25) is 0 Å². The van der Waals surface area contributed by atoms with Crippen molar-refractivity contribution in [1.82, 2.24) is 0 Å². The highest BCUT2D eigenvalue weighted by atomic mass is 16.6. The van der Waals surface area contributed by atoms with E-state index < -0.39 is 4.92 Å². The molecule has 0 aromatic heterocycles. The van der Waals surface area contributed by atoms with E-state index in [-0.39, 0.29) is 17.4 Å². The van der Waals surface area contributed by atoms with Crippen molar-refractivity contribution < 1.29 is 9.66 Å². The summed E-state index contributed by atoms with van der Waals surface area (Å²) in [4.78, 5) is 10.3. The molecule has 0 spiro atoms. The minimum Gasteiger partial charge on any atom is -0.377 e. The van der Waals surface area contributed by atoms with Crippen LogP contribution in [0.15, 0.2) is 18.2 Å². The molecule has 88 valence electrons. The number of nitriles is 1. The number of hydrogen-bond donors (Lipinski definition) is 1. The summed E-state index contributed by atoms with van der Waals surface area (Å²) in [5.41, 5.74) is 0.620. The average molecular weight is 233 g/mol. The maximum atomic E-state index is 10.8. The van der Waals surface area contributed by atoms with Gasteiger partial charge in [0.1, 0.15) is 5.69 Å². The highest BCUT2D eigenvalue weighted by Gasteiger charge is 2.20. The Balaban J connectivity index is 2.14. The minimum absolute atomic E-state index is 0.0802. The van der Waals surface area contributed by atoms with Gasteiger partial charge in [0.25, 0.3) is 5.69 Å². The first-order valence-corrected chi connectivity index (χ1v) is 5.24. The topological polar surface area (TPSA) is 88.2 Å². The zero-order valence-electron chi connectivity index (χ0n) is 9.05. The third-order valence-corrected chi connectivity index (χ3v) is 2.64. The fraction of sp³-hybridized carbons (Fsp3) is 0.364. The number of rotatable bonds is 4. The van der Waals surface area contributed by atoms with Crippen LogP contribution < -0.4 is 5.32 Å². The summed E-state index contributed by atoms with van der Waals surface area (Å²) in [6.07, 6.45) is 1.10. The smallest absolute Gasteiger partial charge is 0.293 e. The van der Waals surface area contributed by atoms with E-state index in [0.29, 0.717) is 12.2 Å². The first kappa shape index (κ1) is 11.4. The lowest BCUT2D eigenvalue weighted by molar-refractivity contribution is -0.384. The maximum Gasteiger partial charge on any atom is 0.293 e. The zero-order valence-corrected chi connectivity index (χ0v) is 9.05. The Morgan fingerprint density at radius 1 is 1.65 bits per heavy atom. The quantitative estimate of drug-likeness (QED) is 0.631. The third-order valence-electron chi connectivity index (χ3n) is 2.64. The highest BCUT2D eigenvalue weighted by molar-refractivity contribution is 5.64. The van der Waals surface area contributed by atoms with Crippen LogP contribution in [0.3, 0.4) is 0 Å². The van der Waals surface area contributed by atoms with Crippen molar-refractivity contribution in [2.75, 3.05) is 18.5 Å². The lowest BCUT2D eigenvalue weighted by Crippen LogP contribution is -2.33. The number of anilines is 1. The largest absolute Gasteiger partial charge is 0.377 e. The molecule has 0 bridgehead atoms. The summed E-state index contributed by atoms with van der Waals surface area (Å²) in [5, 5.41) is 22.5. The molecule has 0 aliphatic carbocycles. The van der Waals surface area contributed by atoms with E-state index in [2.05, 4.69) is 5.32 Å². The van der Waals surface area contributed by atoms with Gasteiger partial charge in [-0.15, -0.1) is 0 Å². The van der Waals surface area contributed by atoms with Gasteiger partial charge in [0, 0.05) is 19.2 Å². The van der Waals surface area contributed by atoms with Gasteiger partial charge in [-0.2, -0.15) is 5.26 Å². The van der Waals surface area contributed by atoms with E-state index in [1.54, 1.807) is 12.1 Å². The fourth-order valence-electron chi connectivity index (χ4n) is 1.57. The molecule has 1 aliphatic rings. The minimum atomic E-state index is -0.495. The second-order valence-corrected chi connectivity index (χ2v) is 3.76. The Bertz CT molecular complexity index is 477. The maximum absolute atomic E-state index is 10.8. The van der Waals surface area contributed by atoms with Crippen molar-refractivity contribution in [3.8, 4) is 6.07 Å². The predicted molar refractivity (Wildman–Crippen MR) is 60.7 cm³/mol. The summed E-state index contributed by atoms with van der Waals surface area (Å²) in [6.45, 7) is 1.30. The lowest BCUT2D eigenvalue weighted by Gasteiger charge is -2.26. The van der Waals surface area contributed by atoms with Crippen LogP contribution >= 0.6 is 0 Å². The van der Waals surface area contributed by atoms with Gasteiger partial charge in [-0.05, 0) is 18.6 Å². The molecule has 0 radical (unpaired) electrons. The molecule has 1 aliphatic heterocycles. The van der Waals surface area contributed by atoms with Crippen molar-refractivity contribution in [2.24, 2.45) is 0 Å². The highest BCUT2D eigenvalue weighted by Crippen LogP contribution is 2.26. The first-order valence-electron chi connectivity index (χ1n) is 5.24. The van der Waals surface area contributed by atoms with Gasteiger partial charge in [0.15, 0.2) is 0 Å². The van der Waals surface area contributed by atoms with Gasteiger partial charge in [0.05, 0.1) is 22.7 Å². The van der Waals surface area contributed by atoms with Crippen molar-refractivity contribution in [3.63, 3.8) is 0 Å². The van der Waals surface area contributed by atoms with Gasteiger partial charge in [-0.1, -0.05) is 0 Å². The van der Waals surface area contributed by atoms with Gasteiger partial charge >= 0.3 is 0 Å². The molecular formula is C11H11N3O3. The fourth-order valence-corrected chi connectivity index (χ4v) is 1.57. The Labute approximate surface area is 98.0 Å². The van der Waals surface area contributed by atoms with Gasteiger partial charge in [-0.3, -0.25) is 10.1 Å². The summed E-state index contributed by atoms with van der Waals surface area (Å²) in [5.74, 6) is 0. The Kier molecular flexibility index (Phi) is 3.21. The summed E-state index contributed by atoms with van der Waals surface area (Å²) in [7, 11) is 0. The van der Waals surface area contributed by atoms with Crippen molar-refractivity contribution in [2.45, 2.75) is 12.5 Å². The van der Waals surface area contributed by atoms with Crippen LogP contribution in [0.25, 0.3) is 0 Å². The molecule has 6 nitrogen and oxygen atoms in total. The van der Waals surface area contributed by atoms with Crippen LogP contribution in [0.5, 0.6) is 0 Å². The lowest BCUT2D eigenvalue weighted by atomic mass is 10.1. The molecule has 17 heavy (non-hydrogen) atoms. The number of ether oxygens (including phenoxy) is 1. The molecule has 1 heterocycles. The normalized spacial score (nSPS) is 17.9. The summed E-state index contributed by atoms with van der Waals surface area (Å²) in [6, 6.07) is 6.25. The SMILES string of the molecule is N#Cc1ccc(NCC2CCO2)c([N+](=O)[O-])c1. The van der Waals surface area contributed by atoms with Crippen LogP contribution in [-0.2, 0) is 4.74 Å². The van der Waals surface area contributed by atoms with E-state index in [1.807, 2.05) is 6.07 Å². The molecule has 1 fully saturated rings. The monoisotopic (exact) mass is 233 g/mol. The van der Waals surface area contributed by atoms with E-state index in [4.69, 9.17) is 10.00 Å². The molecule has 2 rings (SSSR count). The zero-order chi connectivity index (χ0) is 12.3. The Morgan fingerprint density at radius 2 is 2.41 bits per heavy atom. The number of hydrogen-bond acceptors (Lipinski definition) is 5. The first-order chi connectivity index (χ1) is 8.20. The average Bonchev–Trinajstić information content (AvgIpc) is 2.27. The molecule has 6 heteroatoms. The van der Waals surface area contributed by atoms with Crippen LogP contribution in [-0.4, -0.2) is 24.2 Å². The molecular weight excluding hydrogens is 222 g/mol. The van der Waals surface area contributed by atoms with E-state index in [1.165, 1.54) is 6.07 Å². The molecule has 1 saturated heterocycles. The van der Waals surface area contributed by atoms with Crippen molar-refractivity contribution in [3.05, 3.63) is 33.9 Å². The van der Waals surface area contributed by atoms with Gasteiger partial charge < -0.3 is 10.1 Å². The van der Waals surface area contributed by atoms with Crippen LogP contribution in [0.4, 0.5) is 11.4 Å². The second-order valence-electron chi connectivity index (χ2n) is 3.76. The van der Waals surface area contributed by atoms with E-state index in [9.17, 15) is 10.1 Å². The van der Waals surface area contributed by atoms with Crippen LogP contribution in [0.1, 0.15) is 12.0 Å². The molecule has 1 atom stereocenters. The van der Waals surface area contributed by atoms with Gasteiger partial charge in [0.2, 0.25) is 0 Å². The molecule has 0 saturated carbocycles. The third kappa shape index (κ3) is 2.52. The summed E-state index contributed by atoms with van der Waals surface area (Å²) < 4.78 is 5.21.